The van der Waals surface area contributed by atoms with Crippen molar-refractivity contribution in [3.63, 3.8) is 0 Å². The summed E-state index contributed by atoms with van der Waals surface area (Å²) in [5.41, 5.74) is 6.17. The Balaban J connectivity index is 1.54. The van der Waals surface area contributed by atoms with Gasteiger partial charge in [-0.3, -0.25) is 4.79 Å². The van der Waals surface area contributed by atoms with E-state index in [4.69, 9.17) is 4.98 Å². The second-order valence-corrected chi connectivity index (χ2v) is 7.95. The molecule has 1 aliphatic rings. The average Bonchev–Trinajstić information content (AvgIpc) is 2.77. The summed E-state index contributed by atoms with van der Waals surface area (Å²) in [6, 6.07) is 20.4. The number of amides is 1. The van der Waals surface area contributed by atoms with Crippen LogP contribution in [0.15, 0.2) is 66.7 Å². The summed E-state index contributed by atoms with van der Waals surface area (Å²) in [6.07, 6.45) is 1.71. The molecule has 0 fully saturated rings. The predicted octanol–water partition coefficient (Wildman–Crippen LogP) is 5.21. The normalized spacial score (nSPS) is 13.3. The first-order valence-electron chi connectivity index (χ1n) is 10.3. The fourth-order valence-electron chi connectivity index (χ4n) is 4.32. The van der Waals surface area contributed by atoms with Crippen molar-refractivity contribution in [2.24, 2.45) is 0 Å². The van der Waals surface area contributed by atoms with Crippen molar-refractivity contribution in [3.8, 4) is 22.8 Å². The summed E-state index contributed by atoms with van der Waals surface area (Å²) < 4.78 is 0. The van der Waals surface area contributed by atoms with E-state index in [-0.39, 0.29) is 23.0 Å². The number of nitrogens with zero attached hydrogens (tertiary/aromatic N) is 2. The predicted molar refractivity (Wildman–Crippen MR) is 122 cm³/mol. The highest BCUT2D eigenvalue weighted by molar-refractivity contribution is 6.08. The van der Waals surface area contributed by atoms with Crippen LogP contribution >= 0.6 is 0 Å². The summed E-state index contributed by atoms with van der Waals surface area (Å²) >= 11 is 0. The molecule has 0 aliphatic carbocycles. The zero-order valence-corrected chi connectivity index (χ0v) is 17.2. The van der Waals surface area contributed by atoms with Crippen LogP contribution in [-0.4, -0.2) is 27.6 Å². The van der Waals surface area contributed by atoms with E-state index in [0.29, 0.717) is 6.54 Å². The number of para-hydroxylation sites is 1. The molecule has 2 heterocycles. The number of anilines is 1. The molecule has 5 heteroatoms. The monoisotopic (exact) mass is 410 g/mol. The van der Waals surface area contributed by atoms with E-state index < -0.39 is 0 Å². The second kappa shape index (κ2) is 7.43. The van der Waals surface area contributed by atoms with Crippen LogP contribution in [0, 0.1) is 6.92 Å². The first-order chi connectivity index (χ1) is 15.0. The Bertz CT molecular complexity index is 1330. The Kier molecular flexibility index (Phi) is 4.59. The van der Waals surface area contributed by atoms with Gasteiger partial charge in [0.05, 0.1) is 16.8 Å². The molecule has 154 valence electrons. The Morgan fingerprint density at radius 1 is 1.00 bits per heavy atom. The third-order valence-corrected chi connectivity index (χ3v) is 5.84. The second-order valence-electron chi connectivity index (χ2n) is 7.95. The van der Waals surface area contributed by atoms with Crippen molar-refractivity contribution in [3.05, 3.63) is 83.4 Å². The number of carbonyl (C=O) groups excluding carboxylic acids is 1. The number of aromatic nitrogens is 1. The SMILES string of the molecule is Cc1cc2ccccc2nc1-c1ccc2c(c1)CCCN2C(=O)c1ccc(O)cc1O. The summed E-state index contributed by atoms with van der Waals surface area (Å²) in [5.74, 6) is -0.563. The molecule has 0 saturated heterocycles. The molecule has 31 heavy (non-hydrogen) atoms. The van der Waals surface area contributed by atoms with E-state index >= 15 is 0 Å². The van der Waals surface area contributed by atoms with Gasteiger partial charge in [-0.15, -0.1) is 0 Å². The lowest BCUT2D eigenvalue weighted by Crippen LogP contribution is -2.35. The molecule has 1 amide bonds. The van der Waals surface area contributed by atoms with Gasteiger partial charge in [-0.1, -0.05) is 24.3 Å². The van der Waals surface area contributed by atoms with Gasteiger partial charge in [-0.25, -0.2) is 4.98 Å². The average molecular weight is 410 g/mol. The number of phenolic OH excluding ortho intramolecular Hbond substituents is 2. The first-order valence-corrected chi connectivity index (χ1v) is 10.3. The molecule has 5 nitrogen and oxygen atoms in total. The lowest BCUT2D eigenvalue weighted by Gasteiger charge is -2.30. The van der Waals surface area contributed by atoms with Crippen LogP contribution in [0.3, 0.4) is 0 Å². The van der Waals surface area contributed by atoms with Gasteiger partial charge < -0.3 is 15.1 Å². The molecule has 0 radical (unpaired) electrons. The van der Waals surface area contributed by atoms with Crippen molar-refractivity contribution < 1.29 is 15.0 Å². The summed E-state index contributed by atoms with van der Waals surface area (Å²) in [5, 5.41) is 20.8. The number of aryl methyl sites for hydroxylation is 2. The summed E-state index contributed by atoms with van der Waals surface area (Å²) in [7, 11) is 0. The van der Waals surface area contributed by atoms with E-state index in [1.54, 1.807) is 4.90 Å². The lowest BCUT2D eigenvalue weighted by atomic mass is 9.95. The Labute approximate surface area is 180 Å². The molecule has 0 spiro atoms. The third-order valence-electron chi connectivity index (χ3n) is 5.84. The molecule has 0 saturated carbocycles. The molecule has 1 aromatic heterocycles. The van der Waals surface area contributed by atoms with E-state index in [2.05, 4.69) is 25.1 Å². The minimum atomic E-state index is -0.272. The molecule has 3 aromatic carbocycles. The lowest BCUT2D eigenvalue weighted by molar-refractivity contribution is 0.0982. The topological polar surface area (TPSA) is 73.7 Å². The van der Waals surface area contributed by atoms with Gasteiger partial charge in [-0.05, 0) is 67.3 Å². The van der Waals surface area contributed by atoms with Crippen LogP contribution in [0.5, 0.6) is 11.5 Å². The van der Waals surface area contributed by atoms with Gasteiger partial charge in [0.25, 0.3) is 5.91 Å². The van der Waals surface area contributed by atoms with Crippen LogP contribution in [0.2, 0.25) is 0 Å². The largest absolute Gasteiger partial charge is 0.508 e. The summed E-state index contributed by atoms with van der Waals surface area (Å²) in [4.78, 5) is 19.7. The molecular weight excluding hydrogens is 388 g/mol. The molecule has 4 aromatic rings. The standard InChI is InChI=1S/C26H22N2O3/c1-16-13-17-5-2-3-7-22(17)27-25(16)19-8-11-23-18(14-19)6-4-12-28(23)26(31)21-10-9-20(29)15-24(21)30/h2-3,5,7-11,13-15,29-30H,4,6,12H2,1H3. The van der Waals surface area contributed by atoms with Crippen LogP contribution in [-0.2, 0) is 6.42 Å². The molecule has 2 N–H and O–H groups in total. The number of rotatable bonds is 2. The van der Waals surface area contributed by atoms with Crippen molar-refractivity contribution in [1.29, 1.82) is 0 Å². The number of benzene rings is 3. The fraction of sp³-hybridized carbons (Fsp3) is 0.154. The van der Waals surface area contributed by atoms with Crippen LogP contribution in [0.4, 0.5) is 5.69 Å². The maximum atomic E-state index is 13.1. The van der Waals surface area contributed by atoms with E-state index in [0.717, 1.165) is 51.8 Å². The van der Waals surface area contributed by atoms with Crippen molar-refractivity contribution >= 4 is 22.5 Å². The minimum Gasteiger partial charge on any atom is -0.508 e. The molecule has 0 unspecified atom stereocenters. The molecule has 5 rings (SSSR count). The van der Waals surface area contributed by atoms with Crippen LogP contribution in [0.1, 0.15) is 27.9 Å². The van der Waals surface area contributed by atoms with E-state index in [9.17, 15) is 15.0 Å². The van der Waals surface area contributed by atoms with Crippen LogP contribution < -0.4 is 4.90 Å². The van der Waals surface area contributed by atoms with Gasteiger partial charge in [0.1, 0.15) is 11.5 Å². The number of hydrogen-bond donors (Lipinski definition) is 2. The maximum Gasteiger partial charge on any atom is 0.262 e. The Morgan fingerprint density at radius 3 is 2.68 bits per heavy atom. The van der Waals surface area contributed by atoms with Gasteiger partial charge in [-0.2, -0.15) is 0 Å². The van der Waals surface area contributed by atoms with Gasteiger partial charge in [0, 0.05) is 29.2 Å². The third kappa shape index (κ3) is 3.38. The zero-order chi connectivity index (χ0) is 21.5. The van der Waals surface area contributed by atoms with Crippen molar-refractivity contribution in [2.75, 3.05) is 11.4 Å². The quantitative estimate of drug-likeness (QED) is 0.475. The summed E-state index contributed by atoms with van der Waals surface area (Å²) in [6.45, 7) is 2.65. The molecule has 1 aliphatic heterocycles. The maximum absolute atomic E-state index is 13.1. The van der Waals surface area contributed by atoms with E-state index in [1.807, 2.05) is 30.3 Å². The van der Waals surface area contributed by atoms with Crippen molar-refractivity contribution in [1.82, 2.24) is 4.98 Å². The number of pyridine rings is 1. The zero-order valence-electron chi connectivity index (χ0n) is 17.2. The molecular formula is C26H22N2O3. The number of phenols is 2. The number of hydrogen-bond acceptors (Lipinski definition) is 4. The Morgan fingerprint density at radius 2 is 1.84 bits per heavy atom. The smallest absolute Gasteiger partial charge is 0.262 e. The van der Waals surface area contributed by atoms with Crippen molar-refractivity contribution in [2.45, 2.75) is 19.8 Å². The number of aromatic hydroxyl groups is 2. The number of carbonyl (C=O) groups is 1. The number of fused-ring (bicyclic) bond motifs is 2. The van der Waals surface area contributed by atoms with Gasteiger partial charge in [0.15, 0.2) is 0 Å². The van der Waals surface area contributed by atoms with E-state index in [1.165, 1.54) is 18.2 Å². The highest BCUT2D eigenvalue weighted by atomic mass is 16.3. The molecule has 0 bridgehead atoms. The molecule has 0 atom stereocenters. The highest BCUT2D eigenvalue weighted by Gasteiger charge is 2.26. The minimum absolute atomic E-state index is 0.0732. The Hall–Kier alpha value is -3.86. The van der Waals surface area contributed by atoms with Crippen LogP contribution in [0.25, 0.3) is 22.2 Å². The highest BCUT2D eigenvalue weighted by Crippen LogP contribution is 2.35. The van der Waals surface area contributed by atoms with Gasteiger partial charge in [0.2, 0.25) is 0 Å². The fourth-order valence-corrected chi connectivity index (χ4v) is 4.32. The van der Waals surface area contributed by atoms with Gasteiger partial charge >= 0.3 is 0 Å². The first kappa shape index (κ1) is 19.1.